The summed E-state index contributed by atoms with van der Waals surface area (Å²) in [5.41, 5.74) is 0. The lowest BCUT2D eigenvalue weighted by atomic mass is 9.99. The second kappa shape index (κ2) is 2.17. The molecular weight excluding hydrogens is 156 g/mol. The van der Waals surface area contributed by atoms with Crippen LogP contribution in [0, 0.1) is 11.8 Å². The molecule has 1 aliphatic carbocycles. The fourth-order valence-corrected chi connectivity index (χ4v) is 5.12. The van der Waals surface area contributed by atoms with Gasteiger partial charge in [0.1, 0.15) is 0 Å². The topological polar surface area (TPSA) is 20.2 Å². The van der Waals surface area contributed by atoms with E-state index in [1.165, 1.54) is 25.7 Å². The molecule has 5 unspecified atom stereocenters. The van der Waals surface area contributed by atoms with Crippen molar-refractivity contribution >= 4 is 11.8 Å². The van der Waals surface area contributed by atoms with E-state index >= 15 is 0 Å². The highest BCUT2D eigenvalue weighted by Gasteiger charge is 2.50. The first-order valence-corrected chi connectivity index (χ1v) is 5.62. The van der Waals surface area contributed by atoms with Gasteiger partial charge in [0.15, 0.2) is 0 Å². The van der Waals surface area contributed by atoms with Crippen molar-refractivity contribution in [3.05, 3.63) is 0 Å². The minimum Gasteiger partial charge on any atom is -0.393 e. The van der Waals surface area contributed by atoms with Crippen molar-refractivity contribution in [3.63, 3.8) is 0 Å². The molecule has 0 spiro atoms. The van der Waals surface area contributed by atoms with Crippen LogP contribution >= 0.6 is 11.8 Å². The van der Waals surface area contributed by atoms with Crippen molar-refractivity contribution in [1.29, 1.82) is 0 Å². The Morgan fingerprint density at radius 2 is 2.09 bits per heavy atom. The summed E-state index contributed by atoms with van der Waals surface area (Å²) < 4.78 is 0. The molecule has 3 bridgehead atoms. The summed E-state index contributed by atoms with van der Waals surface area (Å²) in [4.78, 5) is 0. The van der Waals surface area contributed by atoms with Crippen LogP contribution < -0.4 is 0 Å². The zero-order valence-electron chi connectivity index (χ0n) is 6.57. The van der Waals surface area contributed by atoms with Gasteiger partial charge in [0.2, 0.25) is 0 Å². The molecule has 0 aromatic heterocycles. The van der Waals surface area contributed by atoms with Crippen LogP contribution in [-0.4, -0.2) is 21.7 Å². The molecule has 11 heavy (non-hydrogen) atoms. The van der Waals surface area contributed by atoms with E-state index in [0.717, 1.165) is 10.5 Å². The molecule has 0 radical (unpaired) electrons. The summed E-state index contributed by atoms with van der Waals surface area (Å²) in [7, 11) is 0. The van der Waals surface area contributed by atoms with Crippen LogP contribution in [0.2, 0.25) is 0 Å². The van der Waals surface area contributed by atoms with E-state index in [4.69, 9.17) is 0 Å². The van der Waals surface area contributed by atoms with Crippen LogP contribution in [0.1, 0.15) is 25.7 Å². The predicted octanol–water partition coefficient (Wildman–Crippen LogP) is 1.65. The van der Waals surface area contributed by atoms with Crippen molar-refractivity contribution < 1.29 is 5.11 Å². The van der Waals surface area contributed by atoms with Crippen LogP contribution in [0.4, 0.5) is 0 Å². The molecule has 0 aromatic carbocycles. The second-order valence-electron chi connectivity index (χ2n) is 4.26. The standard InChI is InChI=1S/C9H14OS/c10-9-5-3-6-1-2-7(9)8(4-5)11-6/h5-10H,1-4H2. The fraction of sp³-hybridized carbons (Fsp3) is 1.00. The number of hydrogen-bond donors (Lipinski definition) is 1. The van der Waals surface area contributed by atoms with Crippen LogP contribution in [-0.2, 0) is 0 Å². The molecule has 5 atom stereocenters. The number of rotatable bonds is 0. The Kier molecular flexibility index (Phi) is 1.34. The summed E-state index contributed by atoms with van der Waals surface area (Å²) in [6, 6.07) is 0. The van der Waals surface area contributed by atoms with Gasteiger partial charge >= 0.3 is 0 Å². The van der Waals surface area contributed by atoms with Gasteiger partial charge in [-0.05, 0) is 37.5 Å². The minimum absolute atomic E-state index is 0.0694. The molecular formula is C9H14OS. The molecule has 3 rings (SSSR count). The Bertz CT molecular complexity index is 178. The second-order valence-corrected chi connectivity index (χ2v) is 5.80. The van der Waals surface area contributed by atoms with Crippen LogP contribution in [0.25, 0.3) is 0 Å². The maximum atomic E-state index is 9.87. The molecule has 3 fully saturated rings. The number of aliphatic hydroxyl groups excluding tert-OH is 1. The highest BCUT2D eigenvalue weighted by Crippen LogP contribution is 2.55. The molecule has 1 nitrogen and oxygen atoms in total. The normalized spacial score (nSPS) is 60.3. The van der Waals surface area contributed by atoms with Gasteiger partial charge in [0.05, 0.1) is 6.10 Å². The van der Waals surface area contributed by atoms with Gasteiger partial charge in [-0.3, -0.25) is 0 Å². The summed E-state index contributed by atoms with van der Waals surface area (Å²) >= 11 is 2.17. The smallest absolute Gasteiger partial charge is 0.0607 e. The van der Waals surface area contributed by atoms with E-state index < -0.39 is 0 Å². The van der Waals surface area contributed by atoms with Gasteiger partial charge in [-0.25, -0.2) is 0 Å². The Morgan fingerprint density at radius 1 is 1.18 bits per heavy atom. The Labute approximate surface area is 71.6 Å². The first-order valence-electron chi connectivity index (χ1n) is 4.68. The third-order valence-electron chi connectivity index (χ3n) is 3.69. The average molecular weight is 170 g/mol. The fourth-order valence-electron chi connectivity index (χ4n) is 3.14. The van der Waals surface area contributed by atoms with Crippen molar-refractivity contribution in [2.24, 2.45) is 11.8 Å². The van der Waals surface area contributed by atoms with Crippen molar-refractivity contribution in [3.8, 4) is 0 Å². The lowest BCUT2D eigenvalue weighted by Gasteiger charge is -2.32. The van der Waals surface area contributed by atoms with E-state index in [0.29, 0.717) is 11.8 Å². The van der Waals surface area contributed by atoms with Crippen molar-refractivity contribution in [1.82, 2.24) is 0 Å². The SMILES string of the molecule is OC1C2CC3CCC1C(C2)S3. The maximum Gasteiger partial charge on any atom is 0.0607 e. The number of thioether (sulfide) groups is 1. The molecule has 2 saturated heterocycles. The molecule has 3 aliphatic rings. The molecule has 1 saturated carbocycles. The van der Waals surface area contributed by atoms with Crippen molar-refractivity contribution in [2.45, 2.75) is 42.3 Å². The number of fused-ring (bicyclic) bond motifs is 2. The van der Waals surface area contributed by atoms with Crippen LogP contribution in [0.5, 0.6) is 0 Å². The quantitative estimate of drug-likeness (QED) is 0.596. The van der Waals surface area contributed by atoms with E-state index in [9.17, 15) is 5.11 Å². The third kappa shape index (κ3) is 0.829. The van der Waals surface area contributed by atoms with Gasteiger partial charge in [-0.2, -0.15) is 11.8 Å². The molecule has 1 N–H and O–H groups in total. The van der Waals surface area contributed by atoms with Gasteiger partial charge in [0.25, 0.3) is 0 Å². The van der Waals surface area contributed by atoms with E-state index in [1.54, 1.807) is 0 Å². The number of aliphatic hydroxyl groups is 1. The molecule has 2 heteroatoms. The number of hydrogen-bond acceptors (Lipinski definition) is 2. The largest absolute Gasteiger partial charge is 0.393 e. The average Bonchev–Trinajstić information content (AvgIpc) is 2.14. The maximum absolute atomic E-state index is 9.87. The predicted molar refractivity (Wildman–Crippen MR) is 46.6 cm³/mol. The van der Waals surface area contributed by atoms with Gasteiger partial charge < -0.3 is 5.11 Å². The van der Waals surface area contributed by atoms with Gasteiger partial charge in [-0.15, -0.1) is 0 Å². The van der Waals surface area contributed by atoms with Crippen LogP contribution in [0.15, 0.2) is 0 Å². The highest BCUT2D eigenvalue weighted by atomic mass is 32.2. The molecule has 2 heterocycles. The third-order valence-corrected chi connectivity index (χ3v) is 5.39. The first-order chi connectivity index (χ1) is 5.34. The molecule has 62 valence electrons. The van der Waals surface area contributed by atoms with Crippen molar-refractivity contribution in [2.75, 3.05) is 0 Å². The lowest BCUT2D eigenvalue weighted by Crippen LogP contribution is -2.26. The summed E-state index contributed by atoms with van der Waals surface area (Å²) in [5, 5.41) is 11.6. The zero-order chi connectivity index (χ0) is 7.42. The Hall–Kier alpha value is 0.310. The zero-order valence-corrected chi connectivity index (χ0v) is 7.39. The molecule has 2 aliphatic heterocycles. The summed E-state index contributed by atoms with van der Waals surface area (Å²) in [6.07, 6.45) is 5.37. The highest BCUT2D eigenvalue weighted by molar-refractivity contribution is 8.00. The Balaban J connectivity index is 1.96. The lowest BCUT2D eigenvalue weighted by molar-refractivity contribution is 0.0955. The minimum atomic E-state index is 0.0694. The van der Waals surface area contributed by atoms with Gasteiger partial charge in [-0.1, -0.05) is 0 Å². The summed E-state index contributed by atoms with van der Waals surface area (Å²) in [6.45, 7) is 0. The van der Waals surface area contributed by atoms with Gasteiger partial charge in [0, 0.05) is 10.5 Å². The van der Waals surface area contributed by atoms with E-state index in [1.807, 2.05) is 0 Å². The molecule has 0 amide bonds. The monoisotopic (exact) mass is 170 g/mol. The van der Waals surface area contributed by atoms with E-state index in [2.05, 4.69) is 11.8 Å². The van der Waals surface area contributed by atoms with E-state index in [-0.39, 0.29) is 6.10 Å². The Morgan fingerprint density at radius 3 is 3.00 bits per heavy atom. The molecule has 0 aromatic rings. The van der Waals surface area contributed by atoms with Crippen LogP contribution in [0.3, 0.4) is 0 Å². The summed E-state index contributed by atoms with van der Waals surface area (Å²) in [5.74, 6) is 1.35. The first kappa shape index (κ1) is 6.79.